The van der Waals surface area contributed by atoms with Crippen LogP contribution in [0.15, 0.2) is 48.5 Å². The second kappa shape index (κ2) is 8.04. The summed E-state index contributed by atoms with van der Waals surface area (Å²) in [6.07, 6.45) is 2.24. The van der Waals surface area contributed by atoms with Crippen LogP contribution in [0.1, 0.15) is 25.7 Å². The summed E-state index contributed by atoms with van der Waals surface area (Å²) in [6.45, 7) is 2.43. The number of benzene rings is 2. The maximum absolute atomic E-state index is 13.1. The van der Waals surface area contributed by atoms with E-state index in [-0.39, 0.29) is 24.0 Å². The third-order valence-corrected chi connectivity index (χ3v) is 6.64. The maximum Gasteiger partial charge on any atom is 0.229 e. The molecule has 0 radical (unpaired) electrons. The van der Waals surface area contributed by atoms with E-state index in [0.29, 0.717) is 50.4 Å². The molecule has 4 aliphatic heterocycles. The van der Waals surface area contributed by atoms with E-state index in [4.69, 9.17) is 18.9 Å². The first-order chi connectivity index (χ1) is 16.1. The van der Waals surface area contributed by atoms with E-state index in [2.05, 4.69) is 0 Å². The van der Waals surface area contributed by atoms with Crippen LogP contribution in [-0.2, 0) is 19.1 Å². The molecule has 6 rings (SSSR count). The van der Waals surface area contributed by atoms with Gasteiger partial charge in [0.15, 0.2) is 0 Å². The third-order valence-electron chi connectivity index (χ3n) is 6.64. The standard InChI is InChI=1S/C25H26N2O6/c28-23-7-9-25(26(23)17-3-1-5-19(11-17)30-13-21-15-32-21)10-8-24(29)27(25)18-4-2-6-20(12-18)31-14-22-16-33-22/h1-6,11-12,21-22H,7-10,13-16H2. The van der Waals surface area contributed by atoms with Crippen molar-refractivity contribution in [3.05, 3.63) is 48.5 Å². The minimum absolute atomic E-state index is 0.00987. The molecule has 33 heavy (non-hydrogen) atoms. The average Bonchev–Trinajstić information content (AvgIpc) is 3.75. The first-order valence-electron chi connectivity index (χ1n) is 11.5. The summed E-state index contributed by atoms with van der Waals surface area (Å²) in [5, 5.41) is 0. The van der Waals surface area contributed by atoms with Crippen LogP contribution in [0.4, 0.5) is 11.4 Å². The Kier molecular flexibility index (Phi) is 4.99. The lowest BCUT2D eigenvalue weighted by molar-refractivity contribution is -0.117. The van der Waals surface area contributed by atoms with Gasteiger partial charge in [-0.1, -0.05) is 12.1 Å². The zero-order valence-electron chi connectivity index (χ0n) is 18.3. The molecule has 8 nitrogen and oxygen atoms in total. The average molecular weight is 450 g/mol. The number of hydrogen-bond acceptors (Lipinski definition) is 6. The number of carbonyl (C=O) groups is 2. The highest BCUT2D eigenvalue weighted by Gasteiger charge is 2.56. The summed E-state index contributed by atoms with van der Waals surface area (Å²) in [4.78, 5) is 29.9. The molecule has 2 atom stereocenters. The summed E-state index contributed by atoms with van der Waals surface area (Å²) < 4.78 is 22.1. The van der Waals surface area contributed by atoms with Crippen LogP contribution >= 0.6 is 0 Å². The highest BCUT2D eigenvalue weighted by atomic mass is 16.6. The van der Waals surface area contributed by atoms with E-state index in [9.17, 15) is 9.59 Å². The molecule has 4 saturated heterocycles. The lowest BCUT2D eigenvalue weighted by Gasteiger charge is -2.42. The van der Waals surface area contributed by atoms with Gasteiger partial charge in [0.2, 0.25) is 11.8 Å². The van der Waals surface area contributed by atoms with Gasteiger partial charge in [0.1, 0.15) is 42.6 Å². The smallest absolute Gasteiger partial charge is 0.229 e. The number of nitrogens with zero attached hydrogens (tertiary/aromatic N) is 2. The highest BCUT2D eigenvalue weighted by Crippen LogP contribution is 2.47. The summed E-state index contributed by atoms with van der Waals surface area (Å²) in [5.74, 6) is 1.39. The predicted octanol–water partition coefficient (Wildman–Crippen LogP) is 2.89. The van der Waals surface area contributed by atoms with Crippen LogP contribution in [-0.4, -0.2) is 56.1 Å². The Balaban J connectivity index is 1.31. The first kappa shape index (κ1) is 20.5. The SMILES string of the molecule is O=C1CCC2(CCC(=O)N2c2cccc(OCC3CO3)c2)N1c1cccc(OCC2CO2)c1. The van der Waals surface area contributed by atoms with Crippen LogP contribution in [0.25, 0.3) is 0 Å². The molecule has 2 amide bonds. The fourth-order valence-corrected chi connectivity index (χ4v) is 4.87. The molecule has 1 spiro atoms. The number of amides is 2. The second-order valence-corrected chi connectivity index (χ2v) is 8.97. The zero-order valence-corrected chi connectivity index (χ0v) is 18.3. The summed E-state index contributed by atoms with van der Waals surface area (Å²) in [5.41, 5.74) is 0.749. The van der Waals surface area contributed by atoms with Gasteiger partial charge < -0.3 is 18.9 Å². The largest absolute Gasteiger partial charge is 0.491 e. The van der Waals surface area contributed by atoms with E-state index < -0.39 is 5.66 Å². The van der Waals surface area contributed by atoms with E-state index >= 15 is 0 Å². The number of carbonyl (C=O) groups excluding carboxylic acids is 2. The van der Waals surface area contributed by atoms with E-state index in [1.54, 1.807) is 9.80 Å². The predicted molar refractivity (Wildman–Crippen MR) is 120 cm³/mol. The molecule has 0 aromatic heterocycles. The highest BCUT2D eigenvalue weighted by molar-refractivity contribution is 6.05. The summed E-state index contributed by atoms with van der Waals surface area (Å²) >= 11 is 0. The molecule has 4 heterocycles. The number of hydrogen-bond donors (Lipinski definition) is 0. The van der Waals surface area contributed by atoms with Gasteiger partial charge in [0.25, 0.3) is 0 Å². The fraction of sp³-hybridized carbons (Fsp3) is 0.440. The van der Waals surface area contributed by atoms with Crippen molar-refractivity contribution in [1.29, 1.82) is 0 Å². The fourth-order valence-electron chi connectivity index (χ4n) is 4.87. The van der Waals surface area contributed by atoms with Gasteiger partial charge in [-0.25, -0.2) is 0 Å². The Labute approximate surface area is 192 Å². The van der Waals surface area contributed by atoms with Crippen molar-refractivity contribution in [3.63, 3.8) is 0 Å². The number of ether oxygens (including phenoxy) is 4. The number of epoxide rings is 2. The maximum atomic E-state index is 13.1. The third kappa shape index (κ3) is 3.94. The summed E-state index contributed by atoms with van der Waals surface area (Å²) in [7, 11) is 0. The minimum Gasteiger partial charge on any atom is -0.491 e. The van der Waals surface area contributed by atoms with Crippen LogP contribution in [0.5, 0.6) is 11.5 Å². The van der Waals surface area contributed by atoms with E-state index in [0.717, 1.165) is 24.6 Å². The van der Waals surface area contributed by atoms with Crippen molar-refractivity contribution >= 4 is 23.2 Å². The topological polar surface area (TPSA) is 84.1 Å². The van der Waals surface area contributed by atoms with Crippen molar-refractivity contribution in [3.8, 4) is 11.5 Å². The van der Waals surface area contributed by atoms with Gasteiger partial charge >= 0.3 is 0 Å². The van der Waals surface area contributed by atoms with E-state index in [1.807, 2.05) is 48.5 Å². The quantitative estimate of drug-likeness (QED) is 0.575. The molecule has 172 valence electrons. The van der Waals surface area contributed by atoms with Crippen LogP contribution < -0.4 is 19.3 Å². The molecule has 8 heteroatoms. The summed E-state index contributed by atoms with van der Waals surface area (Å²) in [6, 6.07) is 15.1. The molecule has 0 saturated carbocycles. The lowest BCUT2D eigenvalue weighted by atomic mass is 10.0. The Morgan fingerprint density at radius 3 is 1.67 bits per heavy atom. The Morgan fingerprint density at radius 2 is 1.24 bits per heavy atom. The lowest BCUT2D eigenvalue weighted by Crippen LogP contribution is -2.56. The number of anilines is 2. The Hall–Kier alpha value is -3.10. The molecule has 4 aliphatic rings. The molecule has 0 aliphatic carbocycles. The molecular formula is C25H26N2O6. The van der Waals surface area contributed by atoms with Crippen LogP contribution in [0.3, 0.4) is 0 Å². The van der Waals surface area contributed by atoms with Crippen LogP contribution in [0, 0.1) is 0 Å². The van der Waals surface area contributed by atoms with E-state index in [1.165, 1.54) is 0 Å². The molecule has 0 bridgehead atoms. The van der Waals surface area contributed by atoms with Crippen molar-refractivity contribution in [2.45, 2.75) is 43.6 Å². The molecule has 2 aromatic rings. The molecule has 2 aromatic carbocycles. The van der Waals surface area contributed by atoms with Gasteiger partial charge in [-0.2, -0.15) is 0 Å². The zero-order chi connectivity index (χ0) is 22.4. The van der Waals surface area contributed by atoms with Crippen molar-refractivity contribution in [2.24, 2.45) is 0 Å². The van der Waals surface area contributed by atoms with Gasteiger partial charge in [-0.3, -0.25) is 19.4 Å². The molecule has 4 fully saturated rings. The van der Waals surface area contributed by atoms with Gasteiger partial charge in [-0.05, 0) is 37.1 Å². The monoisotopic (exact) mass is 450 g/mol. The Bertz CT molecular complexity index is 995. The number of rotatable bonds is 8. The molecule has 2 unspecified atom stereocenters. The van der Waals surface area contributed by atoms with Crippen molar-refractivity contribution < 1.29 is 28.5 Å². The van der Waals surface area contributed by atoms with Crippen molar-refractivity contribution in [2.75, 3.05) is 36.2 Å². The van der Waals surface area contributed by atoms with Gasteiger partial charge in [0, 0.05) is 36.3 Å². The molecular weight excluding hydrogens is 424 g/mol. The minimum atomic E-state index is -0.732. The van der Waals surface area contributed by atoms with Crippen LogP contribution in [0.2, 0.25) is 0 Å². The Morgan fingerprint density at radius 1 is 0.788 bits per heavy atom. The van der Waals surface area contributed by atoms with Gasteiger partial charge in [-0.15, -0.1) is 0 Å². The molecule has 0 N–H and O–H groups in total. The normalized spacial score (nSPS) is 28.0. The van der Waals surface area contributed by atoms with Gasteiger partial charge in [0.05, 0.1) is 13.2 Å². The second-order valence-electron chi connectivity index (χ2n) is 8.97. The first-order valence-corrected chi connectivity index (χ1v) is 11.5. The van der Waals surface area contributed by atoms with Crippen molar-refractivity contribution in [1.82, 2.24) is 0 Å².